The lowest BCUT2D eigenvalue weighted by atomic mass is 10.1. The van der Waals surface area contributed by atoms with E-state index in [0.29, 0.717) is 51.2 Å². The first kappa shape index (κ1) is 32.0. The summed E-state index contributed by atoms with van der Waals surface area (Å²) in [5.41, 5.74) is 5.95. The first-order valence-electron chi connectivity index (χ1n) is 12.3. The number of carbonyl (C=O) groups is 3. The zero-order valence-corrected chi connectivity index (χ0v) is 22.6. The molecule has 3 N–H and O–H groups in total. The van der Waals surface area contributed by atoms with Crippen molar-refractivity contribution < 1.29 is 33.7 Å². The molecule has 1 aliphatic rings. The highest BCUT2D eigenvalue weighted by molar-refractivity contribution is 8.00. The number of hydrogen-bond acceptors (Lipinski definition) is 10. The van der Waals surface area contributed by atoms with Gasteiger partial charge in [0.05, 0.1) is 57.6 Å². The van der Waals surface area contributed by atoms with Gasteiger partial charge in [-0.05, 0) is 12.3 Å². The minimum Gasteiger partial charge on any atom is -0.480 e. The molecule has 0 bridgehead atoms. The summed E-state index contributed by atoms with van der Waals surface area (Å²) in [4.78, 5) is 36.7. The largest absolute Gasteiger partial charge is 0.480 e. The third-order valence-electron chi connectivity index (χ3n) is 4.95. The van der Waals surface area contributed by atoms with Gasteiger partial charge in [-0.2, -0.15) is 0 Å². The Bertz CT molecular complexity index is 793. The van der Waals surface area contributed by atoms with E-state index in [1.54, 1.807) is 10.9 Å². The van der Waals surface area contributed by atoms with Gasteiger partial charge in [-0.25, -0.2) is 4.68 Å². The summed E-state index contributed by atoms with van der Waals surface area (Å²) in [6.07, 6.45) is 2.72. The maximum Gasteiger partial charge on any atom is 0.321 e. The predicted octanol–water partition coefficient (Wildman–Crippen LogP) is 1.17. The zero-order valence-electron chi connectivity index (χ0n) is 21.8. The third-order valence-corrected chi connectivity index (χ3v) is 6.27. The van der Waals surface area contributed by atoms with Crippen LogP contribution in [0.4, 0.5) is 0 Å². The summed E-state index contributed by atoms with van der Waals surface area (Å²) in [6, 6.07) is -1.08. The molecule has 1 aromatic rings. The molecule has 2 rings (SSSR count). The Labute approximate surface area is 217 Å². The maximum atomic E-state index is 12.5. The predicted molar refractivity (Wildman–Crippen MR) is 135 cm³/mol. The van der Waals surface area contributed by atoms with E-state index in [-0.39, 0.29) is 30.5 Å². The molecule has 2 amide bonds. The lowest BCUT2D eigenvalue weighted by Crippen LogP contribution is -2.34. The van der Waals surface area contributed by atoms with Crippen molar-refractivity contribution in [1.29, 1.82) is 0 Å². The summed E-state index contributed by atoms with van der Waals surface area (Å²) in [7, 11) is 0. The normalized spacial score (nSPS) is 16.4. The van der Waals surface area contributed by atoms with Gasteiger partial charge in [0, 0.05) is 18.8 Å². The van der Waals surface area contributed by atoms with Gasteiger partial charge < -0.3 is 25.1 Å². The van der Waals surface area contributed by atoms with Crippen LogP contribution in [0, 0.1) is 5.92 Å². The van der Waals surface area contributed by atoms with Crippen LogP contribution in [0.25, 0.3) is 0 Å². The summed E-state index contributed by atoms with van der Waals surface area (Å²) >= 11 is 1.08. The van der Waals surface area contributed by atoms with Crippen molar-refractivity contribution in [1.82, 2.24) is 19.9 Å². The number of likely N-dealkylation sites (tertiary alicyclic amines) is 1. The van der Waals surface area contributed by atoms with Crippen molar-refractivity contribution in [2.24, 2.45) is 11.7 Å². The highest BCUT2D eigenvalue weighted by Crippen LogP contribution is 2.26. The van der Waals surface area contributed by atoms with E-state index in [0.717, 1.165) is 29.7 Å². The fourth-order valence-corrected chi connectivity index (χ4v) is 4.05. The number of imide groups is 1. The van der Waals surface area contributed by atoms with Crippen molar-refractivity contribution in [3.63, 3.8) is 0 Å². The van der Waals surface area contributed by atoms with Crippen LogP contribution in [0.2, 0.25) is 0 Å². The number of aliphatic carboxylic acids is 1. The number of aromatic nitrogens is 3. The summed E-state index contributed by atoms with van der Waals surface area (Å²) in [5.74, 6) is -1.14. The molecule has 0 aliphatic carbocycles. The molecule has 0 saturated carbocycles. The van der Waals surface area contributed by atoms with Crippen LogP contribution in [0.3, 0.4) is 0 Å². The van der Waals surface area contributed by atoms with Gasteiger partial charge in [-0.15, -0.1) is 16.9 Å². The second-order valence-electron chi connectivity index (χ2n) is 8.28. The number of ether oxygens (including phenoxy) is 3. The van der Waals surface area contributed by atoms with Crippen molar-refractivity contribution in [2.45, 2.75) is 64.9 Å². The van der Waals surface area contributed by atoms with Crippen molar-refractivity contribution in [3.05, 3.63) is 11.9 Å². The van der Waals surface area contributed by atoms with E-state index in [1.807, 2.05) is 13.8 Å². The van der Waals surface area contributed by atoms with Gasteiger partial charge in [0.25, 0.3) is 0 Å². The van der Waals surface area contributed by atoms with E-state index in [4.69, 9.17) is 25.1 Å². The van der Waals surface area contributed by atoms with E-state index < -0.39 is 17.3 Å². The summed E-state index contributed by atoms with van der Waals surface area (Å²) < 4.78 is 18.0. The fourth-order valence-electron chi connectivity index (χ4n) is 2.94. The monoisotopic (exact) mass is 531 g/mol. The SMILES string of the molecule is CC.CC(C)CCOCCOCCOCCn1cc(CN2C(=O)CC(SCC(N)C(=O)O)C2=O)nn1. The molecule has 1 aliphatic heterocycles. The van der Waals surface area contributed by atoms with Gasteiger partial charge in [0.2, 0.25) is 11.8 Å². The number of carbonyl (C=O) groups excluding carboxylic acids is 2. The molecule has 0 spiro atoms. The van der Waals surface area contributed by atoms with Crippen LogP contribution in [0.15, 0.2) is 6.20 Å². The second-order valence-corrected chi connectivity index (χ2v) is 9.52. The number of nitrogens with zero attached hydrogens (tertiary/aromatic N) is 4. The van der Waals surface area contributed by atoms with E-state index in [9.17, 15) is 14.4 Å². The number of rotatable bonds is 18. The number of hydrogen-bond donors (Lipinski definition) is 2. The first-order valence-corrected chi connectivity index (χ1v) is 13.4. The molecule has 2 heterocycles. The lowest BCUT2D eigenvalue weighted by Gasteiger charge is -2.13. The Hall–Kier alpha value is -2.06. The van der Waals surface area contributed by atoms with Crippen LogP contribution >= 0.6 is 11.8 Å². The summed E-state index contributed by atoms with van der Waals surface area (Å²) in [5, 5.41) is 16.2. The molecule has 2 unspecified atom stereocenters. The maximum absolute atomic E-state index is 12.5. The molecule has 0 aromatic carbocycles. The molecule has 13 heteroatoms. The zero-order chi connectivity index (χ0) is 26.9. The second kappa shape index (κ2) is 18.2. The van der Waals surface area contributed by atoms with Crippen LogP contribution in [0.5, 0.6) is 0 Å². The average Bonchev–Trinajstić information content (AvgIpc) is 3.41. The van der Waals surface area contributed by atoms with Gasteiger partial charge >= 0.3 is 5.97 Å². The molecular formula is C23H41N5O7S. The first-order chi connectivity index (χ1) is 17.3. The van der Waals surface area contributed by atoms with Crippen molar-refractivity contribution in [2.75, 3.05) is 45.4 Å². The lowest BCUT2D eigenvalue weighted by molar-refractivity contribution is -0.139. The van der Waals surface area contributed by atoms with E-state index in [1.165, 1.54) is 0 Å². The Kier molecular flexibility index (Phi) is 16.2. The molecule has 1 aromatic heterocycles. The number of amides is 2. The fraction of sp³-hybridized carbons (Fsp3) is 0.783. The van der Waals surface area contributed by atoms with E-state index >= 15 is 0 Å². The standard InChI is InChI=1S/C21H35N5O7S.C2H6/c1-15(2)3-5-31-7-9-33-10-8-32-6-4-25-12-16(23-24-25)13-26-19(27)11-18(20(26)28)34-14-17(22)21(29)30;1-2/h12,15,17-18H,3-11,13-14,22H2,1-2H3,(H,29,30);1-2H3. The molecule has 1 saturated heterocycles. The number of carboxylic acid groups (broad SMARTS) is 1. The topological polar surface area (TPSA) is 159 Å². The van der Waals surface area contributed by atoms with E-state index in [2.05, 4.69) is 24.2 Å². The molecular weight excluding hydrogens is 490 g/mol. The van der Waals surface area contributed by atoms with Crippen LogP contribution < -0.4 is 5.73 Å². The minimum absolute atomic E-state index is 0.0178. The molecule has 2 atom stereocenters. The molecule has 12 nitrogen and oxygen atoms in total. The third kappa shape index (κ3) is 12.3. The Morgan fingerprint density at radius 1 is 1.14 bits per heavy atom. The van der Waals surface area contributed by atoms with Gasteiger partial charge in [0.1, 0.15) is 11.7 Å². The smallest absolute Gasteiger partial charge is 0.321 e. The van der Waals surface area contributed by atoms with Crippen molar-refractivity contribution >= 4 is 29.5 Å². The average molecular weight is 532 g/mol. The quantitative estimate of drug-likeness (QED) is 0.207. The summed E-state index contributed by atoms with van der Waals surface area (Å²) in [6.45, 7) is 12.0. The molecule has 206 valence electrons. The Morgan fingerprint density at radius 3 is 2.36 bits per heavy atom. The van der Waals surface area contributed by atoms with Crippen LogP contribution in [-0.4, -0.2) is 99.5 Å². The van der Waals surface area contributed by atoms with Gasteiger partial charge in [0.15, 0.2) is 0 Å². The van der Waals surface area contributed by atoms with Gasteiger partial charge in [-0.1, -0.05) is 32.9 Å². The highest BCUT2D eigenvalue weighted by atomic mass is 32.2. The number of nitrogens with two attached hydrogens (primary N) is 1. The molecule has 36 heavy (non-hydrogen) atoms. The van der Waals surface area contributed by atoms with Gasteiger partial charge in [-0.3, -0.25) is 19.3 Å². The molecule has 1 fully saturated rings. The molecule has 0 radical (unpaired) electrons. The van der Waals surface area contributed by atoms with Crippen LogP contribution in [-0.2, 0) is 41.7 Å². The minimum atomic E-state index is -1.14. The number of thioether (sulfide) groups is 1. The Balaban J connectivity index is 0.00000316. The number of carboxylic acids is 1. The van der Waals surface area contributed by atoms with Crippen molar-refractivity contribution in [3.8, 4) is 0 Å². The Morgan fingerprint density at radius 2 is 1.75 bits per heavy atom. The van der Waals surface area contributed by atoms with Crippen LogP contribution in [0.1, 0.15) is 46.2 Å². The highest BCUT2D eigenvalue weighted by Gasteiger charge is 2.39.